The summed E-state index contributed by atoms with van der Waals surface area (Å²) in [7, 11) is 0. The summed E-state index contributed by atoms with van der Waals surface area (Å²) >= 11 is 0. The van der Waals surface area contributed by atoms with Crippen LogP contribution in [0.4, 0.5) is 13.2 Å². The summed E-state index contributed by atoms with van der Waals surface area (Å²) in [6.45, 7) is 1.26. The molecular formula is C18H17F3N2O2. The van der Waals surface area contributed by atoms with Gasteiger partial charge in [0.05, 0.1) is 12.8 Å². The predicted molar refractivity (Wildman–Crippen MR) is 84.7 cm³/mol. The molecule has 3 rings (SSSR count). The molecular weight excluding hydrogens is 333 g/mol. The molecule has 1 aliphatic heterocycles. The molecule has 2 aromatic rings. The lowest BCUT2D eigenvalue weighted by Crippen LogP contribution is -2.42. The molecule has 7 heteroatoms. The summed E-state index contributed by atoms with van der Waals surface area (Å²) in [5.41, 5.74) is -0.374. The Bertz CT molecular complexity index is 752. The first-order chi connectivity index (χ1) is 12.0. The maximum atomic E-state index is 13.7. The van der Waals surface area contributed by atoms with Gasteiger partial charge in [-0.25, -0.2) is 18.2 Å². The molecule has 25 heavy (non-hydrogen) atoms. The zero-order valence-electron chi connectivity index (χ0n) is 13.4. The van der Waals surface area contributed by atoms with Crippen molar-refractivity contribution in [1.82, 2.24) is 9.88 Å². The van der Waals surface area contributed by atoms with E-state index in [1.54, 1.807) is 12.1 Å². The van der Waals surface area contributed by atoms with Gasteiger partial charge in [-0.05, 0) is 37.1 Å². The highest BCUT2D eigenvalue weighted by molar-refractivity contribution is 5.92. The fraction of sp³-hybridized carbons (Fsp3) is 0.333. The second-order valence-electron chi connectivity index (χ2n) is 6.01. The summed E-state index contributed by atoms with van der Waals surface area (Å²) in [4.78, 5) is 17.5. The summed E-state index contributed by atoms with van der Waals surface area (Å²) in [5.74, 6) is -2.05. The van der Waals surface area contributed by atoms with Crippen molar-refractivity contribution in [2.45, 2.75) is 12.8 Å². The summed E-state index contributed by atoms with van der Waals surface area (Å²) < 4.78 is 45.2. The summed E-state index contributed by atoms with van der Waals surface area (Å²) in [5, 5.41) is 0. The molecule has 1 amide bonds. The number of hydrogen-bond acceptors (Lipinski definition) is 3. The van der Waals surface area contributed by atoms with E-state index < -0.39 is 17.5 Å². The Morgan fingerprint density at radius 1 is 1.20 bits per heavy atom. The minimum Gasteiger partial charge on any atom is -0.493 e. The third kappa shape index (κ3) is 4.29. The maximum absolute atomic E-state index is 13.7. The van der Waals surface area contributed by atoms with Gasteiger partial charge >= 0.3 is 0 Å². The Morgan fingerprint density at radius 2 is 1.96 bits per heavy atom. The zero-order valence-corrected chi connectivity index (χ0v) is 13.4. The van der Waals surface area contributed by atoms with E-state index in [2.05, 4.69) is 4.98 Å². The molecule has 0 aliphatic carbocycles. The SMILES string of the molecule is O=C(c1ncc(F)cc1F)N1CCC[C@@H](COc2ccc(F)cc2)C1. The van der Waals surface area contributed by atoms with Crippen molar-refractivity contribution in [3.63, 3.8) is 0 Å². The van der Waals surface area contributed by atoms with Crippen LogP contribution < -0.4 is 4.74 Å². The van der Waals surface area contributed by atoms with Crippen molar-refractivity contribution in [3.8, 4) is 5.75 Å². The van der Waals surface area contributed by atoms with Crippen molar-refractivity contribution in [1.29, 1.82) is 0 Å². The molecule has 0 saturated carbocycles. The van der Waals surface area contributed by atoms with Gasteiger partial charge in [-0.3, -0.25) is 4.79 Å². The molecule has 132 valence electrons. The Kier molecular flexibility index (Phi) is 5.21. The van der Waals surface area contributed by atoms with Crippen molar-refractivity contribution >= 4 is 5.91 Å². The number of carbonyl (C=O) groups excluding carboxylic acids is 1. The second-order valence-corrected chi connectivity index (χ2v) is 6.01. The standard InChI is InChI=1S/C18H17F3N2O2/c19-13-3-5-15(6-4-13)25-11-12-2-1-7-23(10-12)18(24)17-16(21)8-14(20)9-22-17/h3-6,8-9,12H,1-2,7,10-11H2/t12-/m1/s1. The number of halogens is 3. The molecule has 1 aromatic heterocycles. The Morgan fingerprint density at radius 3 is 2.68 bits per heavy atom. The van der Waals surface area contributed by atoms with E-state index in [9.17, 15) is 18.0 Å². The largest absolute Gasteiger partial charge is 0.493 e. The van der Waals surface area contributed by atoms with Gasteiger partial charge in [0.1, 0.15) is 17.4 Å². The lowest BCUT2D eigenvalue weighted by Gasteiger charge is -2.32. The number of carbonyl (C=O) groups is 1. The highest BCUT2D eigenvalue weighted by Gasteiger charge is 2.27. The van der Waals surface area contributed by atoms with Gasteiger partial charge in [0, 0.05) is 25.1 Å². The number of ether oxygens (including phenoxy) is 1. The van der Waals surface area contributed by atoms with Gasteiger partial charge in [-0.2, -0.15) is 0 Å². The number of rotatable bonds is 4. The monoisotopic (exact) mass is 350 g/mol. The fourth-order valence-corrected chi connectivity index (χ4v) is 2.85. The quantitative estimate of drug-likeness (QED) is 0.848. The van der Waals surface area contributed by atoms with E-state index >= 15 is 0 Å². The van der Waals surface area contributed by atoms with Crippen LogP contribution in [-0.4, -0.2) is 35.5 Å². The summed E-state index contributed by atoms with van der Waals surface area (Å²) in [6, 6.07) is 6.36. The average Bonchev–Trinajstić information content (AvgIpc) is 2.61. The molecule has 4 nitrogen and oxygen atoms in total. The minimum atomic E-state index is -0.963. The number of piperidine rings is 1. The minimum absolute atomic E-state index is 0.0752. The van der Waals surface area contributed by atoms with E-state index in [4.69, 9.17) is 4.74 Å². The van der Waals surface area contributed by atoms with E-state index in [0.29, 0.717) is 31.5 Å². The normalized spacial score (nSPS) is 17.4. The number of nitrogens with zero attached hydrogens (tertiary/aromatic N) is 2. The first kappa shape index (κ1) is 17.3. The highest BCUT2D eigenvalue weighted by Crippen LogP contribution is 2.21. The first-order valence-electron chi connectivity index (χ1n) is 8.01. The molecule has 0 unspecified atom stereocenters. The van der Waals surface area contributed by atoms with Crippen LogP contribution in [0, 0.1) is 23.4 Å². The van der Waals surface area contributed by atoms with Crippen LogP contribution in [0.5, 0.6) is 5.75 Å². The van der Waals surface area contributed by atoms with Crippen molar-refractivity contribution in [2.75, 3.05) is 19.7 Å². The summed E-state index contributed by atoms with van der Waals surface area (Å²) in [6.07, 6.45) is 2.45. The van der Waals surface area contributed by atoms with Gasteiger partial charge in [-0.1, -0.05) is 0 Å². The molecule has 1 aromatic carbocycles. The van der Waals surface area contributed by atoms with Crippen LogP contribution in [0.3, 0.4) is 0 Å². The molecule has 2 heterocycles. The zero-order chi connectivity index (χ0) is 17.8. The molecule has 1 atom stereocenters. The van der Waals surface area contributed by atoms with E-state index in [1.807, 2.05) is 0 Å². The third-order valence-corrected chi connectivity index (χ3v) is 4.12. The number of benzene rings is 1. The average molecular weight is 350 g/mol. The number of likely N-dealkylation sites (tertiary alicyclic amines) is 1. The molecule has 1 aliphatic rings. The lowest BCUT2D eigenvalue weighted by molar-refractivity contribution is 0.0622. The number of pyridine rings is 1. The van der Waals surface area contributed by atoms with Crippen LogP contribution in [-0.2, 0) is 0 Å². The fourth-order valence-electron chi connectivity index (χ4n) is 2.85. The van der Waals surface area contributed by atoms with Crippen LogP contribution in [0.1, 0.15) is 23.3 Å². The first-order valence-corrected chi connectivity index (χ1v) is 8.01. The Balaban J connectivity index is 1.60. The van der Waals surface area contributed by atoms with E-state index in [0.717, 1.165) is 19.0 Å². The molecule has 1 saturated heterocycles. The van der Waals surface area contributed by atoms with Gasteiger partial charge < -0.3 is 9.64 Å². The van der Waals surface area contributed by atoms with Crippen molar-refractivity contribution in [3.05, 3.63) is 59.7 Å². The van der Waals surface area contributed by atoms with Crippen LogP contribution in [0.2, 0.25) is 0 Å². The predicted octanol–water partition coefficient (Wildman–Crippen LogP) is 3.43. The van der Waals surface area contributed by atoms with Gasteiger partial charge in [0.25, 0.3) is 5.91 Å². The van der Waals surface area contributed by atoms with E-state index in [-0.39, 0.29) is 17.4 Å². The molecule has 0 radical (unpaired) electrons. The molecule has 0 N–H and O–H groups in total. The van der Waals surface area contributed by atoms with Crippen molar-refractivity contribution in [2.24, 2.45) is 5.92 Å². The van der Waals surface area contributed by atoms with Gasteiger partial charge in [0.2, 0.25) is 0 Å². The second kappa shape index (κ2) is 7.55. The van der Waals surface area contributed by atoms with Gasteiger partial charge in [0.15, 0.2) is 11.5 Å². The molecule has 0 bridgehead atoms. The smallest absolute Gasteiger partial charge is 0.275 e. The van der Waals surface area contributed by atoms with Crippen LogP contribution >= 0.6 is 0 Å². The van der Waals surface area contributed by atoms with E-state index in [1.165, 1.54) is 17.0 Å². The Labute approximate surface area is 143 Å². The molecule has 1 fully saturated rings. The number of amides is 1. The maximum Gasteiger partial charge on any atom is 0.275 e. The highest BCUT2D eigenvalue weighted by atomic mass is 19.1. The van der Waals surface area contributed by atoms with Crippen LogP contribution in [0.25, 0.3) is 0 Å². The topological polar surface area (TPSA) is 42.4 Å². The molecule has 0 spiro atoms. The lowest BCUT2D eigenvalue weighted by atomic mass is 9.98. The van der Waals surface area contributed by atoms with Crippen LogP contribution in [0.15, 0.2) is 36.5 Å². The van der Waals surface area contributed by atoms with Crippen molar-refractivity contribution < 1.29 is 22.7 Å². The number of aromatic nitrogens is 1. The Hall–Kier alpha value is -2.57. The number of hydrogen-bond donors (Lipinski definition) is 0. The van der Waals surface area contributed by atoms with Gasteiger partial charge in [-0.15, -0.1) is 0 Å². The third-order valence-electron chi connectivity index (χ3n) is 4.12.